The zero-order valence-electron chi connectivity index (χ0n) is 16.0. The van der Waals surface area contributed by atoms with E-state index in [0.29, 0.717) is 24.8 Å². The molecule has 6 heteroatoms. The first-order chi connectivity index (χ1) is 13.2. The van der Waals surface area contributed by atoms with Crippen LogP contribution in [-0.2, 0) is 13.1 Å². The number of guanidine groups is 1. The fourth-order valence-electron chi connectivity index (χ4n) is 3.24. The molecule has 0 amide bonds. The second-order valence-corrected chi connectivity index (χ2v) is 6.91. The van der Waals surface area contributed by atoms with Crippen LogP contribution in [0.3, 0.4) is 0 Å². The van der Waals surface area contributed by atoms with Crippen LogP contribution in [0.4, 0.5) is 0 Å². The normalized spacial score (nSPS) is 16.4. The number of nitrogens with zero attached hydrogens (tertiary/aromatic N) is 2. The predicted molar refractivity (Wildman–Crippen MR) is 107 cm³/mol. The minimum atomic E-state index is -0.700. The molecule has 0 bridgehead atoms. The van der Waals surface area contributed by atoms with Gasteiger partial charge >= 0.3 is 0 Å². The number of furan rings is 1. The molecular weight excluding hydrogens is 340 g/mol. The third-order valence-electron chi connectivity index (χ3n) is 4.73. The standard InChI is InChI=1S/C21H30N4O2/c1-2-22-21(24-15-19(26)20-6-5-13-27-20)23-14-17-7-9-18(10-8-17)16-25-11-3-4-12-25/h5-10,13,19,26H,2-4,11-12,14-16H2,1H3,(H2,22,23,24). The molecule has 2 heterocycles. The van der Waals surface area contributed by atoms with Gasteiger partial charge in [-0.3, -0.25) is 4.90 Å². The average Bonchev–Trinajstić information content (AvgIpc) is 3.39. The highest BCUT2D eigenvalue weighted by molar-refractivity contribution is 5.79. The molecule has 3 N–H and O–H groups in total. The maximum absolute atomic E-state index is 10.1. The Kier molecular flexibility index (Phi) is 7.30. The third-order valence-corrected chi connectivity index (χ3v) is 4.73. The van der Waals surface area contributed by atoms with Crippen molar-refractivity contribution in [3.63, 3.8) is 0 Å². The molecule has 1 aromatic carbocycles. The summed E-state index contributed by atoms with van der Waals surface area (Å²) in [6.07, 6.45) is 3.50. The Morgan fingerprint density at radius 1 is 1.15 bits per heavy atom. The van der Waals surface area contributed by atoms with E-state index in [9.17, 15) is 5.11 Å². The molecule has 0 aliphatic carbocycles. The fourth-order valence-corrected chi connectivity index (χ4v) is 3.24. The zero-order valence-corrected chi connectivity index (χ0v) is 16.0. The number of benzene rings is 1. The molecule has 27 heavy (non-hydrogen) atoms. The van der Waals surface area contributed by atoms with Crippen LogP contribution >= 0.6 is 0 Å². The van der Waals surface area contributed by atoms with E-state index in [2.05, 4.69) is 44.8 Å². The molecule has 1 atom stereocenters. The first-order valence-electron chi connectivity index (χ1n) is 9.78. The number of aliphatic imine (C=N–C) groups is 1. The second-order valence-electron chi connectivity index (χ2n) is 6.91. The summed E-state index contributed by atoms with van der Waals surface area (Å²) < 4.78 is 5.22. The predicted octanol–water partition coefficient (Wildman–Crippen LogP) is 2.66. The van der Waals surface area contributed by atoms with E-state index >= 15 is 0 Å². The summed E-state index contributed by atoms with van der Waals surface area (Å²) in [5.41, 5.74) is 2.53. The summed E-state index contributed by atoms with van der Waals surface area (Å²) in [7, 11) is 0. The summed E-state index contributed by atoms with van der Waals surface area (Å²) in [4.78, 5) is 7.12. The number of hydrogen-bond donors (Lipinski definition) is 3. The lowest BCUT2D eigenvalue weighted by Crippen LogP contribution is -2.39. The smallest absolute Gasteiger partial charge is 0.191 e. The van der Waals surface area contributed by atoms with Gasteiger partial charge in [0.2, 0.25) is 0 Å². The second kappa shape index (κ2) is 10.1. The first kappa shape index (κ1) is 19.5. The lowest BCUT2D eigenvalue weighted by atomic mass is 10.1. The van der Waals surface area contributed by atoms with Gasteiger partial charge in [0, 0.05) is 13.1 Å². The Morgan fingerprint density at radius 2 is 1.89 bits per heavy atom. The highest BCUT2D eigenvalue weighted by atomic mass is 16.4. The van der Waals surface area contributed by atoms with Crippen LogP contribution in [0.5, 0.6) is 0 Å². The van der Waals surface area contributed by atoms with Crippen LogP contribution in [-0.4, -0.2) is 42.1 Å². The maximum Gasteiger partial charge on any atom is 0.191 e. The van der Waals surface area contributed by atoms with Crippen molar-refractivity contribution in [1.82, 2.24) is 15.5 Å². The number of rotatable bonds is 8. The third kappa shape index (κ3) is 6.12. The molecule has 1 aliphatic rings. The molecule has 1 fully saturated rings. The number of hydrogen-bond acceptors (Lipinski definition) is 4. The van der Waals surface area contributed by atoms with E-state index in [-0.39, 0.29) is 0 Å². The first-order valence-corrected chi connectivity index (χ1v) is 9.78. The number of aliphatic hydroxyl groups excluding tert-OH is 1. The molecule has 0 spiro atoms. The van der Waals surface area contributed by atoms with Gasteiger partial charge in [-0.05, 0) is 56.1 Å². The molecule has 1 aliphatic heterocycles. The van der Waals surface area contributed by atoms with Crippen molar-refractivity contribution in [1.29, 1.82) is 0 Å². The van der Waals surface area contributed by atoms with Crippen molar-refractivity contribution in [2.75, 3.05) is 26.2 Å². The molecule has 1 saturated heterocycles. The molecule has 0 radical (unpaired) electrons. The van der Waals surface area contributed by atoms with Crippen molar-refractivity contribution >= 4 is 5.96 Å². The van der Waals surface area contributed by atoms with Crippen molar-refractivity contribution in [3.8, 4) is 0 Å². The van der Waals surface area contributed by atoms with Crippen LogP contribution in [0.2, 0.25) is 0 Å². The van der Waals surface area contributed by atoms with E-state index < -0.39 is 6.10 Å². The fraction of sp³-hybridized carbons (Fsp3) is 0.476. The maximum atomic E-state index is 10.1. The summed E-state index contributed by atoms with van der Waals surface area (Å²) in [6.45, 7) is 7.19. The van der Waals surface area contributed by atoms with Gasteiger partial charge in [-0.25, -0.2) is 4.99 Å². The van der Waals surface area contributed by atoms with Crippen LogP contribution < -0.4 is 10.6 Å². The van der Waals surface area contributed by atoms with E-state index in [1.807, 2.05) is 6.92 Å². The minimum absolute atomic E-state index is 0.341. The number of nitrogens with one attached hydrogen (secondary N) is 2. The average molecular weight is 370 g/mol. The molecule has 0 saturated carbocycles. The number of likely N-dealkylation sites (tertiary alicyclic amines) is 1. The van der Waals surface area contributed by atoms with Crippen molar-refractivity contribution in [2.45, 2.75) is 39.0 Å². The summed E-state index contributed by atoms with van der Waals surface area (Å²) in [5.74, 6) is 1.23. The highest BCUT2D eigenvalue weighted by Crippen LogP contribution is 2.14. The topological polar surface area (TPSA) is 73.0 Å². The van der Waals surface area contributed by atoms with E-state index in [1.165, 1.54) is 37.1 Å². The molecular formula is C21H30N4O2. The molecule has 1 aromatic heterocycles. The molecule has 2 aromatic rings. The van der Waals surface area contributed by atoms with Gasteiger partial charge in [0.1, 0.15) is 11.9 Å². The Morgan fingerprint density at radius 3 is 2.56 bits per heavy atom. The SMILES string of the molecule is CCNC(=NCc1ccc(CN2CCCC2)cc1)NCC(O)c1ccco1. The molecule has 3 rings (SSSR count). The summed E-state index contributed by atoms with van der Waals surface area (Å²) in [5, 5.41) is 16.5. The van der Waals surface area contributed by atoms with Crippen LogP contribution in [0.15, 0.2) is 52.1 Å². The van der Waals surface area contributed by atoms with Gasteiger partial charge in [-0.15, -0.1) is 0 Å². The quantitative estimate of drug-likeness (QED) is 0.492. The highest BCUT2D eigenvalue weighted by Gasteiger charge is 2.12. The Balaban J connectivity index is 1.51. The van der Waals surface area contributed by atoms with Crippen LogP contribution in [0.25, 0.3) is 0 Å². The van der Waals surface area contributed by atoms with Gasteiger partial charge in [-0.2, -0.15) is 0 Å². The lowest BCUT2D eigenvalue weighted by molar-refractivity contribution is 0.153. The Labute approximate surface area is 161 Å². The zero-order chi connectivity index (χ0) is 18.9. The van der Waals surface area contributed by atoms with Gasteiger partial charge in [0.25, 0.3) is 0 Å². The van der Waals surface area contributed by atoms with E-state index in [1.54, 1.807) is 18.4 Å². The monoisotopic (exact) mass is 370 g/mol. The van der Waals surface area contributed by atoms with Crippen LogP contribution in [0.1, 0.15) is 42.8 Å². The van der Waals surface area contributed by atoms with Gasteiger partial charge in [0.05, 0.1) is 19.4 Å². The molecule has 6 nitrogen and oxygen atoms in total. The van der Waals surface area contributed by atoms with Gasteiger partial charge < -0.3 is 20.2 Å². The Bertz CT molecular complexity index is 691. The lowest BCUT2D eigenvalue weighted by Gasteiger charge is -2.15. The van der Waals surface area contributed by atoms with E-state index in [4.69, 9.17) is 4.42 Å². The molecule has 146 valence electrons. The number of aliphatic hydroxyl groups is 1. The van der Waals surface area contributed by atoms with Crippen molar-refractivity contribution in [2.24, 2.45) is 4.99 Å². The van der Waals surface area contributed by atoms with Crippen molar-refractivity contribution < 1.29 is 9.52 Å². The summed E-state index contributed by atoms with van der Waals surface area (Å²) >= 11 is 0. The largest absolute Gasteiger partial charge is 0.467 e. The van der Waals surface area contributed by atoms with Crippen LogP contribution in [0, 0.1) is 0 Å². The van der Waals surface area contributed by atoms with E-state index in [0.717, 1.165) is 13.1 Å². The van der Waals surface area contributed by atoms with Crippen molar-refractivity contribution in [3.05, 3.63) is 59.5 Å². The Hall–Kier alpha value is -2.31. The minimum Gasteiger partial charge on any atom is -0.467 e. The van der Waals surface area contributed by atoms with Gasteiger partial charge in [-0.1, -0.05) is 24.3 Å². The molecule has 1 unspecified atom stereocenters. The van der Waals surface area contributed by atoms with Gasteiger partial charge in [0.15, 0.2) is 5.96 Å². The summed E-state index contributed by atoms with van der Waals surface area (Å²) in [6, 6.07) is 12.2.